The number of nitrogens with zero attached hydrogens (tertiary/aromatic N) is 3. The first-order valence-corrected chi connectivity index (χ1v) is 6.20. The summed E-state index contributed by atoms with van der Waals surface area (Å²) in [6, 6.07) is 6.54. The van der Waals surface area contributed by atoms with Gasteiger partial charge in [-0.3, -0.25) is 0 Å². The number of hydrogen-bond acceptors (Lipinski definition) is 4. The second-order valence-electron chi connectivity index (χ2n) is 4.45. The van der Waals surface area contributed by atoms with Gasteiger partial charge in [0.05, 0.1) is 0 Å². The van der Waals surface area contributed by atoms with Crippen molar-refractivity contribution in [3.8, 4) is 0 Å². The van der Waals surface area contributed by atoms with Gasteiger partial charge in [0.2, 0.25) is 5.95 Å². The van der Waals surface area contributed by atoms with Crippen LogP contribution >= 0.6 is 0 Å². The van der Waals surface area contributed by atoms with E-state index in [1.807, 2.05) is 24.4 Å². The van der Waals surface area contributed by atoms with Crippen LogP contribution in [0.15, 0.2) is 24.4 Å². The Balaban J connectivity index is 1.57. The number of anilines is 1. The van der Waals surface area contributed by atoms with Gasteiger partial charge < -0.3 is 10.6 Å². The molecule has 0 saturated carbocycles. The fourth-order valence-electron chi connectivity index (χ4n) is 2.27. The van der Waals surface area contributed by atoms with Crippen molar-refractivity contribution >= 4 is 11.6 Å². The molecule has 1 fully saturated rings. The summed E-state index contributed by atoms with van der Waals surface area (Å²) in [6.45, 7) is 2.09. The molecular formula is C12H17N5. The number of hydrogen-bond donors (Lipinski definition) is 2. The number of nitrogens with one attached hydrogen (secondary N) is 2. The average Bonchev–Trinajstić information content (AvgIpc) is 2.96. The fourth-order valence-corrected chi connectivity index (χ4v) is 2.27. The average molecular weight is 231 g/mol. The van der Waals surface area contributed by atoms with E-state index in [2.05, 4.69) is 20.7 Å². The lowest BCUT2D eigenvalue weighted by atomic mass is 10.2. The Kier molecular flexibility index (Phi) is 2.92. The molecule has 90 valence electrons. The molecule has 0 aliphatic carbocycles. The summed E-state index contributed by atoms with van der Waals surface area (Å²) in [7, 11) is 0. The molecule has 3 heterocycles. The van der Waals surface area contributed by atoms with Crippen molar-refractivity contribution in [2.75, 3.05) is 18.4 Å². The number of pyridine rings is 1. The first-order chi connectivity index (χ1) is 8.42. The molecule has 0 radical (unpaired) electrons. The van der Waals surface area contributed by atoms with Crippen molar-refractivity contribution in [3.05, 3.63) is 24.4 Å². The van der Waals surface area contributed by atoms with E-state index in [1.165, 1.54) is 12.8 Å². The summed E-state index contributed by atoms with van der Waals surface area (Å²) in [5, 5.41) is 11.1. The minimum absolute atomic E-state index is 0.666. The smallest absolute Gasteiger partial charge is 0.243 e. The molecule has 1 atom stereocenters. The van der Waals surface area contributed by atoms with E-state index in [9.17, 15) is 0 Å². The molecular weight excluding hydrogens is 214 g/mol. The van der Waals surface area contributed by atoms with Crippen molar-refractivity contribution in [1.29, 1.82) is 0 Å². The minimum atomic E-state index is 0.666. The maximum absolute atomic E-state index is 4.40. The van der Waals surface area contributed by atoms with E-state index >= 15 is 0 Å². The van der Waals surface area contributed by atoms with Gasteiger partial charge in [-0.2, -0.15) is 4.98 Å². The van der Waals surface area contributed by atoms with Crippen molar-refractivity contribution in [2.24, 2.45) is 0 Å². The lowest BCUT2D eigenvalue weighted by Gasteiger charge is -2.09. The molecule has 0 amide bonds. The fraction of sp³-hybridized carbons (Fsp3) is 0.500. The third-order valence-electron chi connectivity index (χ3n) is 3.18. The Morgan fingerprint density at radius 3 is 3.29 bits per heavy atom. The topological polar surface area (TPSA) is 54.2 Å². The van der Waals surface area contributed by atoms with E-state index in [0.29, 0.717) is 12.0 Å². The quantitative estimate of drug-likeness (QED) is 0.832. The molecule has 3 rings (SSSR count). The molecule has 2 aromatic heterocycles. The van der Waals surface area contributed by atoms with Crippen molar-refractivity contribution in [3.63, 3.8) is 0 Å². The van der Waals surface area contributed by atoms with Crippen molar-refractivity contribution < 1.29 is 0 Å². The highest BCUT2D eigenvalue weighted by molar-refractivity contribution is 5.42. The molecule has 2 N–H and O–H groups in total. The van der Waals surface area contributed by atoms with E-state index in [4.69, 9.17) is 0 Å². The number of aromatic nitrogens is 3. The lowest BCUT2D eigenvalue weighted by Crippen LogP contribution is -2.24. The van der Waals surface area contributed by atoms with Gasteiger partial charge >= 0.3 is 0 Å². The molecule has 5 nitrogen and oxygen atoms in total. The van der Waals surface area contributed by atoms with Crippen molar-refractivity contribution in [2.45, 2.75) is 25.3 Å². The van der Waals surface area contributed by atoms with Crippen LogP contribution in [-0.2, 0) is 0 Å². The second kappa shape index (κ2) is 4.71. The monoisotopic (exact) mass is 231 g/mol. The zero-order valence-electron chi connectivity index (χ0n) is 9.76. The van der Waals surface area contributed by atoms with E-state index < -0.39 is 0 Å². The Hall–Kier alpha value is -1.62. The highest BCUT2D eigenvalue weighted by Crippen LogP contribution is 2.09. The normalized spacial score (nSPS) is 19.9. The molecule has 1 unspecified atom stereocenters. The molecule has 0 aromatic carbocycles. The van der Waals surface area contributed by atoms with Crippen LogP contribution in [0, 0.1) is 0 Å². The van der Waals surface area contributed by atoms with Gasteiger partial charge in [-0.25, -0.2) is 4.52 Å². The summed E-state index contributed by atoms with van der Waals surface area (Å²) in [5.74, 6) is 0.717. The zero-order valence-corrected chi connectivity index (χ0v) is 9.76. The van der Waals surface area contributed by atoms with Gasteiger partial charge in [0.1, 0.15) is 0 Å². The van der Waals surface area contributed by atoms with Crippen LogP contribution in [0.4, 0.5) is 5.95 Å². The molecule has 17 heavy (non-hydrogen) atoms. The van der Waals surface area contributed by atoms with E-state index in [-0.39, 0.29) is 0 Å². The highest BCUT2D eigenvalue weighted by Gasteiger charge is 2.13. The minimum Gasteiger partial charge on any atom is -0.353 e. The second-order valence-corrected chi connectivity index (χ2v) is 4.45. The molecule has 1 aliphatic heterocycles. The van der Waals surface area contributed by atoms with Crippen LogP contribution in [0.3, 0.4) is 0 Å². The number of rotatable bonds is 4. The molecule has 0 bridgehead atoms. The maximum atomic E-state index is 4.40. The summed E-state index contributed by atoms with van der Waals surface area (Å²) >= 11 is 0. The van der Waals surface area contributed by atoms with Crippen LogP contribution in [0.1, 0.15) is 19.3 Å². The predicted molar refractivity (Wildman–Crippen MR) is 67.1 cm³/mol. The Morgan fingerprint density at radius 2 is 2.47 bits per heavy atom. The Bertz CT molecular complexity index is 453. The molecule has 0 spiro atoms. The molecule has 1 aliphatic rings. The third-order valence-corrected chi connectivity index (χ3v) is 3.18. The van der Waals surface area contributed by atoms with E-state index in [1.54, 1.807) is 4.52 Å². The molecule has 2 aromatic rings. The van der Waals surface area contributed by atoms with Crippen LogP contribution in [0.2, 0.25) is 0 Å². The van der Waals surface area contributed by atoms with Crippen molar-refractivity contribution in [1.82, 2.24) is 19.9 Å². The van der Waals surface area contributed by atoms with Crippen LogP contribution in [0.25, 0.3) is 5.65 Å². The summed E-state index contributed by atoms with van der Waals surface area (Å²) in [4.78, 5) is 4.40. The van der Waals surface area contributed by atoms with Gasteiger partial charge in [0.25, 0.3) is 0 Å². The first-order valence-electron chi connectivity index (χ1n) is 6.20. The zero-order chi connectivity index (χ0) is 11.5. The Morgan fingerprint density at radius 1 is 1.47 bits per heavy atom. The van der Waals surface area contributed by atoms with Crippen LogP contribution in [0.5, 0.6) is 0 Å². The highest BCUT2D eigenvalue weighted by atomic mass is 15.3. The van der Waals surface area contributed by atoms with Crippen LogP contribution < -0.4 is 10.6 Å². The van der Waals surface area contributed by atoms with Gasteiger partial charge in [0.15, 0.2) is 5.65 Å². The first kappa shape index (κ1) is 10.5. The molecule has 1 saturated heterocycles. The lowest BCUT2D eigenvalue weighted by molar-refractivity contribution is 0.573. The third kappa shape index (κ3) is 2.39. The van der Waals surface area contributed by atoms with Gasteiger partial charge in [0, 0.05) is 18.8 Å². The summed E-state index contributed by atoms with van der Waals surface area (Å²) < 4.78 is 1.79. The SMILES string of the molecule is c1ccn2nc(NCCC3CCCN3)nc2c1. The van der Waals surface area contributed by atoms with Gasteiger partial charge in [-0.05, 0) is 37.9 Å². The van der Waals surface area contributed by atoms with Crippen LogP contribution in [-0.4, -0.2) is 33.7 Å². The van der Waals surface area contributed by atoms with Gasteiger partial charge in [-0.1, -0.05) is 6.07 Å². The largest absolute Gasteiger partial charge is 0.353 e. The summed E-state index contributed by atoms with van der Waals surface area (Å²) in [5.41, 5.74) is 0.883. The Labute approximate surface area is 100 Å². The maximum Gasteiger partial charge on any atom is 0.243 e. The standard InChI is InChI=1S/C12H17N5/c1-2-9-17-11(5-1)15-12(16-17)14-8-6-10-4-3-7-13-10/h1-2,5,9-10,13H,3-4,6-8H2,(H,14,16). The number of fused-ring (bicyclic) bond motifs is 1. The van der Waals surface area contributed by atoms with Gasteiger partial charge in [-0.15, -0.1) is 5.10 Å². The predicted octanol–water partition coefficient (Wildman–Crippen LogP) is 1.28. The summed E-state index contributed by atoms with van der Waals surface area (Å²) in [6.07, 6.45) is 5.64. The van der Waals surface area contributed by atoms with E-state index in [0.717, 1.165) is 25.2 Å². The molecule has 5 heteroatoms.